The van der Waals surface area contributed by atoms with Gasteiger partial charge in [0.1, 0.15) is 11.2 Å². The fourth-order valence-corrected chi connectivity index (χ4v) is 18.4. The molecule has 4 heterocycles. The quantitative estimate of drug-likeness (QED) is 0.147. The van der Waals surface area contributed by atoms with Gasteiger partial charge in [-0.15, -0.1) is 11.3 Å². The molecule has 0 radical (unpaired) electrons. The van der Waals surface area contributed by atoms with E-state index in [-0.39, 0.29) is 5.41 Å². The second-order valence-corrected chi connectivity index (χ2v) is 30.3. The Labute approximate surface area is 630 Å². The summed E-state index contributed by atoms with van der Waals surface area (Å²) in [7, 11) is 0. The molecule has 508 valence electrons. The Bertz CT molecular complexity index is 7530. The van der Waals surface area contributed by atoms with E-state index in [9.17, 15) is 0 Å². The molecule has 8 heteroatoms. The molecule has 0 aliphatic heterocycles. The standard InChI is InChI=1S/C52H33N3S.C49H29N3O/c1-52(2)43-15-7-5-12-38(43)42-28-34-22-20-31-19-21-33-27-36(24-25-37(33)47(31)41(34)29-44(42)52)50-53-49(35-23-18-30-10-3-4-11-32(30)26-35)54-51(55-50)40-14-9-17-46-48(40)39-13-6-8-16-45(39)56-46;1-3-11-31(12-4-1)47-50-48(32-13-5-2-6-14-32)52-49(51-47)41-19-10-17-38-36(16-9-18-39(38)41)33-25-26-37-34(27-33)23-21-30-22-24-35-28-45-43(29-42(35)46(30)37)40-15-7-8-20-44(40)53-45/h3-29H,1-2H3;1-29H. The molecule has 0 fully saturated rings. The van der Waals surface area contributed by atoms with Gasteiger partial charge in [-0.05, 0) is 180 Å². The minimum absolute atomic E-state index is 0.0706. The summed E-state index contributed by atoms with van der Waals surface area (Å²) in [4.78, 5) is 30.7. The summed E-state index contributed by atoms with van der Waals surface area (Å²) in [5.41, 5.74) is 15.4. The van der Waals surface area contributed by atoms with Crippen LogP contribution in [0, 0.1) is 0 Å². The smallest absolute Gasteiger partial charge is 0.164 e. The molecule has 1 aliphatic carbocycles. The first kappa shape index (κ1) is 62.5. The van der Waals surface area contributed by atoms with Gasteiger partial charge >= 0.3 is 0 Å². The van der Waals surface area contributed by atoms with Gasteiger partial charge in [-0.1, -0.05) is 293 Å². The van der Waals surface area contributed by atoms with E-state index in [2.05, 4.69) is 281 Å². The Kier molecular flexibility index (Phi) is 14.1. The maximum absolute atomic E-state index is 6.24. The second-order valence-electron chi connectivity index (χ2n) is 29.2. The maximum Gasteiger partial charge on any atom is 0.164 e. The topological polar surface area (TPSA) is 90.5 Å². The van der Waals surface area contributed by atoms with Crippen LogP contribution in [0.1, 0.15) is 25.0 Å². The van der Waals surface area contributed by atoms with Gasteiger partial charge < -0.3 is 4.42 Å². The number of benzene rings is 18. The van der Waals surface area contributed by atoms with Gasteiger partial charge in [-0.3, -0.25) is 0 Å². The number of thiophene rings is 1. The van der Waals surface area contributed by atoms with Gasteiger partial charge in [0.25, 0.3) is 0 Å². The fraction of sp³-hybridized carbons (Fsp3) is 0.0297. The van der Waals surface area contributed by atoms with Crippen molar-refractivity contribution in [2.24, 2.45) is 0 Å². The van der Waals surface area contributed by atoms with E-state index < -0.39 is 0 Å². The Hall–Kier alpha value is -13.9. The van der Waals surface area contributed by atoms with Crippen molar-refractivity contribution in [3.63, 3.8) is 0 Å². The molecule has 0 bridgehead atoms. The number of hydrogen-bond acceptors (Lipinski definition) is 8. The fourth-order valence-electron chi connectivity index (χ4n) is 17.2. The first-order valence-electron chi connectivity index (χ1n) is 37.0. The van der Waals surface area contributed by atoms with Crippen LogP contribution in [-0.2, 0) is 5.41 Å². The lowest BCUT2D eigenvalue weighted by atomic mass is 9.81. The van der Waals surface area contributed by atoms with Gasteiger partial charge in [0, 0.05) is 69.7 Å². The van der Waals surface area contributed by atoms with Crippen LogP contribution < -0.4 is 0 Å². The number of para-hydroxylation sites is 1. The van der Waals surface area contributed by atoms with Crippen molar-refractivity contribution in [3.05, 3.63) is 351 Å². The predicted octanol–water partition coefficient (Wildman–Crippen LogP) is 27.2. The van der Waals surface area contributed by atoms with Crippen LogP contribution in [0.2, 0.25) is 0 Å². The first-order chi connectivity index (χ1) is 53.7. The SMILES string of the molecule is CC1(C)c2ccccc2-c2cc3ccc4ccc5cc(-c6nc(-c7ccc8ccccc8c7)nc(-c7cccc8sc9ccccc9c78)n6)ccc5c4c3cc21.c1ccc(-c2nc(-c3ccccc3)nc(-c3cccc4c(-c5ccc6c(ccc7ccc8cc9oc%10ccccc%10c9cc8c76)c5)cccc34)n2)cc1. The van der Waals surface area contributed by atoms with Crippen molar-refractivity contribution in [1.29, 1.82) is 0 Å². The highest BCUT2D eigenvalue weighted by Crippen LogP contribution is 2.52. The molecule has 0 unspecified atom stereocenters. The minimum atomic E-state index is -0.0706. The zero-order chi connectivity index (χ0) is 72.0. The van der Waals surface area contributed by atoms with Crippen LogP contribution in [0.4, 0.5) is 0 Å². The molecule has 0 atom stereocenters. The number of nitrogens with zero attached hydrogens (tertiary/aromatic N) is 6. The van der Waals surface area contributed by atoms with Crippen molar-refractivity contribution >= 4 is 140 Å². The lowest BCUT2D eigenvalue weighted by Crippen LogP contribution is -2.14. The highest BCUT2D eigenvalue weighted by atomic mass is 32.1. The van der Waals surface area contributed by atoms with Crippen molar-refractivity contribution in [2.45, 2.75) is 19.3 Å². The average molecular weight is 1410 g/mol. The number of aromatic nitrogens is 6. The number of furan rings is 1. The number of fused-ring (bicyclic) bond motifs is 21. The molecule has 22 aromatic rings. The molecule has 23 rings (SSSR count). The van der Waals surface area contributed by atoms with Crippen LogP contribution in [0.3, 0.4) is 0 Å². The van der Waals surface area contributed by atoms with Gasteiger partial charge in [-0.2, -0.15) is 0 Å². The predicted molar refractivity (Wildman–Crippen MR) is 455 cm³/mol. The van der Waals surface area contributed by atoms with Crippen molar-refractivity contribution in [3.8, 4) is 90.6 Å². The summed E-state index contributed by atoms with van der Waals surface area (Å²) >= 11 is 1.81. The molecule has 0 saturated heterocycles. The van der Waals surface area contributed by atoms with Crippen LogP contribution in [-0.4, -0.2) is 29.9 Å². The lowest BCUT2D eigenvalue weighted by Gasteiger charge is -2.22. The Morgan fingerprint density at radius 3 is 1.39 bits per heavy atom. The van der Waals surface area contributed by atoms with E-state index in [1.807, 2.05) is 84.1 Å². The monoisotopic (exact) mass is 1410 g/mol. The molecule has 0 N–H and O–H groups in total. The van der Waals surface area contributed by atoms with E-state index in [0.29, 0.717) is 34.9 Å². The number of rotatable bonds is 7. The third-order valence-electron chi connectivity index (χ3n) is 22.5. The molecule has 0 amide bonds. The lowest BCUT2D eigenvalue weighted by molar-refractivity contribution is 0.661. The summed E-state index contributed by atoms with van der Waals surface area (Å²) in [6.45, 7) is 4.71. The van der Waals surface area contributed by atoms with Gasteiger partial charge in [-0.25, -0.2) is 29.9 Å². The highest BCUT2D eigenvalue weighted by Gasteiger charge is 2.36. The van der Waals surface area contributed by atoms with E-state index in [1.54, 1.807) is 0 Å². The summed E-state index contributed by atoms with van der Waals surface area (Å²) in [6.07, 6.45) is 0. The Morgan fingerprint density at radius 1 is 0.220 bits per heavy atom. The molecular weight excluding hydrogens is 1350 g/mol. The summed E-state index contributed by atoms with van der Waals surface area (Å²) < 4.78 is 8.72. The maximum atomic E-state index is 6.24. The van der Waals surface area contributed by atoms with Crippen LogP contribution in [0.5, 0.6) is 0 Å². The van der Waals surface area contributed by atoms with Crippen molar-refractivity contribution < 1.29 is 4.42 Å². The Balaban J connectivity index is 0.000000135. The normalized spacial score (nSPS) is 12.6. The van der Waals surface area contributed by atoms with Gasteiger partial charge in [0.15, 0.2) is 34.9 Å². The summed E-state index contributed by atoms with van der Waals surface area (Å²) in [5.74, 6) is 3.95. The molecule has 0 saturated carbocycles. The molecule has 7 nitrogen and oxygen atoms in total. The zero-order valence-electron chi connectivity index (χ0n) is 59.3. The van der Waals surface area contributed by atoms with Gasteiger partial charge in [0.2, 0.25) is 0 Å². The van der Waals surface area contributed by atoms with Crippen molar-refractivity contribution in [1.82, 2.24) is 29.9 Å². The van der Waals surface area contributed by atoms with Gasteiger partial charge in [0.05, 0.1) is 0 Å². The Morgan fingerprint density at radius 2 is 0.679 bits per heavy atom. The third kappa shape index (κ3) is 10.2. The van der Waals surface area contributed by atoms with Crippen LogP contribution in [0.15, 0.2) is 344 Å². The molecule has 0 spiro atoms. The first-order valence-corrected chi connectivity index (χ1v) is 37.8. The highest BCUT2D eigenvalue weighted by molar-refractivity contribution is 7.26. The zero-order valence-corrected chi connectivity index (χ0v) is 60.1. The third-order valence-corrected chi connectivity index (χ3v) is 23.7. The van der Waals surface area contributed by atoms with E-state index in [4.69, 9.17) is 34.3 Å². The largest absolute Gasteiger partial charge is 0.456 e. The summed E-state index contributed by atoms with van der Waals surface area (Å²) in [5, 5.41) is 24.1. The molecule has 18 aromatic carbocycles. The minimum Gasteiger partial charge on any atom is -0.456 e. The van der Waals surface area contributed by atoms with E-state index in [1.165, 1.54) is 107 Å². The molecular formula is C101H62N6OS. The van der Waals surface area contributed by atoms with E-state index in [0.717, 1.165) is 88.0 Å². The molecule has 109 heavy (non-hydrogen) atoms. The van der Waals surface area contributed by atoms with E-state index >= 15 is 0 Å². The average Bonchev–Trinajstić information content (AvgIpc) is 1.62. The van der Waals surface area contributed by atoms with Crippen LogP contribution in [0.25, 0.3) is 219 Å². The second kappa shape index (κ2) is 24.6. The molecule has 1 aliphatic rings. The number of hydrogen-bond donors (Lipinski definition) is 0. The molecule has 4 aromatic heterocycles. The van der Waals surface area contributed by atoms with Crippen LogP contribution >= 0.6 is 11.3 Å². The summed E-state index contributed by atoms with van der Waals surface area (Å²) in [6, 6.07) is 121. The van der Waals surface area contributed by atoms with Crippen molar-refractivity contribution in [2.75, 3.05) is 0 Å².